The van der Waals surface area contributed by atoms with E-state index in [1.807, 2.05) is 18.2 Å². The van der Waals surface area contributed by atoms with Crippen molar-refractivity contribution in [3.05, 3.63) is 30.3 Å². The first-order valence-electron chi connectivity index (χ1n) is 7.83. The maximum absolute atomic E-state index is 12.2. The second-order valence-corrected chi connectivity index (χ2v) is 5.87. The maximum atomic E-state index is 12.2. The zero-order valence-corrected chi connectivity index (χ0v) is 13.1. The lowest BCUT2D eigenvalue weighted by Gasteiger charge is -2.20. The molecule has 4 N–H and O–H groups in total. The van der Waals surface area contributed by atoms with Crippen molar-refractivity contribution in [3.63, 3.8) is 0 Å². The summed E-state index contributed by atoms with van der Waals surface area (Å²) < 4.78 is 0. The molecule has 1 unspecified atom stereocenters. The molecule has 8 nitrogen and oxygen atoms in total. The lowest BCUT2D eigenvalue weighted by Crippen LogP contribution is -2.41. The Hall–Kier alpha value is -2.90. The lowest BCUT2D eigenvalue weighted by atomic mass is 10.1. The molecular weight excluding hydrogens is 310 g/mol. The molecule has 1 saturated carbocycles. The first-order chi connectivity index (χ1) is 11.5. The molecule has 1 heterocycles. The van der Waals surface area contributed by atoms with E-state index in [0.29, 0.717) is 5.69 Å². The molecule has 1 fully saturated rings. The van der Waals surface area contributed by atoms with Gasteiger partial charge in [0, 0.05) is 12.5 Å². The van der Waals surface area contributed by atoms with Crippen LogP contribution in [0.25, 0.3) is 0 Å². The average molecular weight is 329 g/mol. The van der Waals surface area contributed by atoms with E-state index in [1.165, 1.54) is 5.01 Å². The zero-order chi connectivity index (χ0) is 17.1. The van der Waals surface area contributed by atoms with Gasteiger partial charge in [-0.15, -0.1) is 0 Å². The fourth-order valence-electron chi connectivity index (χ4n) is 2.46. The SMILES string of the molecule is NC(=O)C1CC(C(=O)NCC(=O)NC2CC2)=NN1c1ccccc1. The molecule has 1 aromatic carbocycles. The van der Waals surface area contributed by atoms with Gasteiger partial charge in [-0.3, -0.25) is 19.4 Å². The number of nitrogens with zero attached hydrogens (tertiary/aromatic N) is 2. The van der Waals surface area contributed by atoms with Gasteiger partial charge in [-0.2, -0.15) is 5.10 Å². The molecule has 0 spiro atoms. The zero-order valence-electron chi connectivity index (χ0n) is 13.1. The number of hydrogen-bond acceptors (Lipinski definition) is 5. The third-order valence-electron chi connectivity index (χ3n) is 3.87. The highest BCUT2D eigenvalue weighted by molar-refractivity contribution is 6.40. The van der Waals surface area contributed by atoms with Crippen LogP contribution in [0.5, 0.6) is 0 Å². The van der Waals surface area contributed by atoms with Gasteiger partial charge in [0.2, 0.25) is 11.8 Å². The number of para-hydroxylation sites is 1. The van der Waals surface area contributed by atoms with Crippen LogP contribution in [-0.4, -0.2) is 42.1 Å². The van der Waals surface area contributed by atoms with Gasteiger partial charge >= 0.3 is 0 Å². The van der Waals surface area contributed by atoms with Gasteiger partial charge in [0.25, 0.3) is 5.91 Å². The molecule has 8 heteroatoms. The predicted molar refractivity (Wildman–Crippen MR) is 88.1 cm³/mol. The summed E-state index contributed by atoms with van der Waals surface area (Å²) in [5, 5.41) is 11.0. The van der Waals surface area contributed by atoms with Gasteiger partial charge in [-0.1, -0.05) is 18.2 Å². The number of amides is 3. The van der Waals surface area contributed by atoms with Gasteiger partial charge in [0.05, 0.1) is 12.2 Å². The number of rotatable bonds is 6. The number of anilines is 1. The van der Waals surface area contributed by atoms with E-state index in [0.717, 1.165) is 12.8 Å². The van der Waals surface area contributed by atoms with Crippen molar-refractivity contribution >= 4 is 29.1 Å². The predicted octanol–water partition coefficient (Wildman–Crippen LogP) is -0.499. The van der Waals surface area contributed by atoms with Crippen molar-refractivity contribution in [2.24, 2.45) is 10.8 Å². The first-order valence-corrected chi connectivity index (χ1v) is 7.83. The molecule has 1 atom stereocenters. The molecule has 2 aliphatic rings. The number of nitrogens with one attached hydrogen (secondary N) is 2. The molecule has 1 aliphatic heterocycles. The van der Waals surface area contributed by atoms with Gasteiger partial charge in [-0.05, 0) is 25.0 Å². The Kier molecular flexibility index (Phi) is 4.45. The molecule has 126 valence electrons. The fraction of sp³-hybridized carbons (Fsp3) is 0.375. The normalized spacial score (nSPS) is 19.6. The van der Waals surface area contributed by atoms with Crippen LogP contribution in [0.2, 0.25) is 0 Å². The third-order valence-corrected chi connectivity index (χ3v) is 3.87. The number of hydrazone groups is 1. The smallest absolute Gasteiger partial charge is 0.268 e. The summed E-state index contributed by atoms with van der Waals surface area (Å²) in [6.07, 6.45) is 2.08. The molecule has 0 aromatic heterocycles. The van der Waals surface area contributed by atoms with Gasteiger partial charge < -0.3 is 16.4 Å². The van der Waals surface area contributed by atoms with Crippen molar-refractivity contribution in [2.45, 2.75) is 31.3 Å². The maximum Gasteiger partial charge on any atom is 0.268 e. The van der Waals surface area contributed by atoms with Crippen LogP contribution in [0.3, 0.4) is 0 Å². The van der Waals surface area contributed by atoms with Crippen molar-refractivity contribution < 1.29 is 14.4 Å². The van der Waals surface area contributed by atoms with Crippen LogP contribution in [0, 0.1) is 0 Å². The molecule has 0 radical (unpaired) electrons. The lowest BCUT2D eigenvalue weighted by molar-refractivity contribution is -0.123. The van der Waals surface area contributed by atoms with E-state index >= 15 is 0 Å². The monoisotopic (exact) mass is 329 g/mol. The van der Waals surface area contributed by atoms with Crippen molar-refractivity contribution in [3.8, 4) is 0 Å². The van der Waals surface area contributed by atoms with Crippen LogP contribution in [-0.2, 0) is 14.4 Å². The minimum Gasteiger partial charge on any atom is -0.368 e. The second kappa shape index (κ2) is 6.69. The summed E-state index contributed by atoms with van der Waals surface area (Å²) in [4.78, 5) is 35.5. The Morgan fingerprint density at radius 3 is 2.54 bits per heavy atom. The van der Waals surface area contributed by atoms with Gasteiger partial charge in [0.1, 0.15) is 11.8 Å². The Morgan fingerprint density at radius 2 is 1.92 bits per heavy atom. The van der Waals surface area contributed by atoms with Crippen molar-refractivity contribution in [1.29, 1.82) is 0 Å². The Bertz CT molecular complexity index is 684. The molecular formula is C16H19N5O3. The van der Waals surface area contributed by atoms with Gasteiger partial charge in [0.15, 0.2) is 0 Å². The van der Waals surface area contributed by atoms with E-state index in [1.54, 1.807) is 12.1 Å². The second-order valence-electron chi connectivity index (χ2n) is 5.87. The van der Waals surface area contributed by atoms with Gasteiger partial charge in [-0.25, -0.2) is 0 Å². The summed E-state index contributed by atoms with van der Waals surface area (Å²) in [6.45, 7) is -0.110. The summed E-state index contributed by atoms with van der Waals surface area (Å²) in [5.74, 6) is -1.25. The average Bonchev–Trinajstić information content (AvgIpc) is 3.26. The number of benzene rings is 1. The highest BCUT2D eigenvalue weighted by Crippen LogP contribution is 2.24. The topological polar surface area (TPSA) is 117 Å². The Labute approximate surface area is 139 Å². The molecule has 1 aromatic rings. The molecule has 3 rings (SSSR count). The van der Waals surface area contributed by atoms with E-state index in [4.69, 9.17) is 5.73 Å². The van der Waals surface area contributed by atoms with Crippen LogP contribution >= 0.6 is 0 Å². The molecule has 3 amide bonds. The molecule has 0 bridgehead atoms. The summed E-state index contributed by atoms with van der Waals surface area (Å²) in [6, 6.07) is 8.55. The molecule has 1 aliphatic carbocycles. The summed E-state index contributed by atoms with van der Waals surface area (Å²) >= 11 is 0. The van der Waals surface area contributed by atoms with E-state index in [2.05, 4.69) is 15.7 Å². The first kappa shape index (κ1) is 16.0. The summed E-state index contributed by atoms with van der Waals surface area (Å²) in [5.41, 5.74) is 6.28. The minimum atomic E-state index is -0.714. The highest BCUT2D eigenvalue weighted by Gasteiger charge is 2.35. The van der Waals surface area contributed by atoms with Crippen LogP contribution < -0.4 is 21.4 Å². The number of hydrogen-bond donors (Lipinski definition) is 3. The number of carbonyl (C=O) groups is 3. The van der Waals surface area contributed by atoms with Crippen molar-refractivity contribution in [1.82, 2.24) is 10.6 Å². The Balaban J connectivity index is 1.64. The molecule has 24 heavy (non-hydrogen) atoms. The van der Waals surface area contributed by atoms with E-state index < -0.39 is 17.9 Å². The highest BCUT2D eigenvalue weighted by atomic mass is 16.2. The third kappa shape index (κ3) is 3.70. The minimum absolute atomic E-state index is 0.110. The van der Waals surface area contributed by atoms with E-state index in [-0.39, 0.29) is 30.6 Å². The van der Waals surface area contributed by atoms with Crippen LogP contribution in [0.15, 0.2) is 35.4 Å². The molecule has 0 saturated heterocycles. The number of carbonyl (C=O) groups excluding carboxylic acids is 3. The quantitative estimate of drug-likeness (QED) is 0.652. The fourth-order valence-corrected chi connectivity index (χ4v) is 2.46. The van der Waals surface area contributed by atoms with E-state index in [9.17, 15) is 14.4 Å². The number of nitrogens with two attached hydrogens (primary N) is 1. The number of primary amides is 1. The standard InChI is InChI=1S/C16H19N5O3/c17-15(23)13-8-12(20-21(13)11-4-2-1-3-5-11)16(24)18-9-14(22)19-10-6-7-10/h1-5,10,13H,6-9H2,(H2,17,23)(H,18,24)(H,19,22). The largest absolute Gasteiger partial charge is 0.368 e. The Morgan fingerprint density at radius 1 is 1.21 bits per heavy atom. The summed E-state index contributed by atoms with van der Waals surface area (Å²) in [7, 11) is 0. The van der Waals surface area contributed by atoms with Crippen LogP contribution in [0.4, 0.5) is 5.69 Å². The van der Waals surface area contributed by atoms with Crippen LogP contribution in [0.1, 0.15) is 19.3 Å². The van der Waals surface area contributed by atoms with Crippen molar-refractivity contribution in [2.75, 3.05) is 11.6 Å².